The number of piperidine rings is 1. The van der Waals surface area contributed by atoms with Crippen LogP contribution in [0, 0.1) is 17.6 Å². The summed E-state index contributed by atoms with van der Waals surface area (Å²) in [5.74, 6) is -0.526. The van der Waals surface area contributed by atoms with Crippen LogP contribution >= 0.6 is 0 Å². The third kappa shape index (κ3) is 3.75. The van der Waals surface area contributed by atoms with E-state index in [1.54, 1.807) is 12.3 Å². The Morgan fingerprint density at radius 1 is 1.20 bits per heavy atom. The van der Waals surface area contributed by atoms with E-state index in [9.17, 15) is 8.78 Å². The van der Waals surface area contributed by atoms with Gasteiger partial charge in [-0.2, -0.15) is 0 Å². The molecular weight excluding hydrogens is 324 g/mol. The number of halogens is 2. The van der Waals surface area contributed by atoms with Crippen molar-refractivity contribution in [2.45, 2.75) is 25.3 Å². The van der Waals surface area contributed by atoms with Crippen molar-refractivity contribution in [3.05, 3.63) is 36.0 Å². The van der Waals surface area contributed by atoms with Crippen LogP contribution in [0.1, 0.15) is 19.3 Å². The van der Waals surface area contributed by atoms with Crippen LogP contribution in [0.4, 0.5) is 14.5 Å². The number of aromatic nitrogens is 1. The third-order valence-corrected chi connectivity index (χ3v) is 5.25. The molecule has 2 aromatic rings. The van der Waals surface area contributed by atoms with Crippen LogP contribution in [0.5, 0.6) is 0 Å². The number of fused-ring (bicyclic) bond motifs is 1. The number of anilines is 1. The predicted molar refractivity (Wildman–Crippen MR) is 93.7 cm³/mol. The highest BCUT2D eigenvalue weighted by atomic mass is 19.1. The minimum atomic E-state index is -0.618. The molecule has 0 saturated carbocycles. The molecule has 2 aliphatic rings. The first-order valence-electron chi connectivity index (χ1n) is 8.99. The number of likely N-dealkylation sites (tertiary alicyclic amines) is 1. The first-order valence-corrected chi connectivity index (χ1v) is 8.99. The van der Waals surface area contributed by atoms with E-state index >= 15 is 0 Å². The third-order valence-electron chi connectivity index (χ3n) is 5.25. The van der Waals surface area contributed by atoms with E-state index in [1.807, 2.05) is 0 Å². The molecule has 1 aromatic carbocycles. The number of benzene rings is 1. The molecule has 1 N–H and O–H groups in total. The highest BCUT2D eigenvalue weighted by Crippen LogP contribution is 2.27. The van der Waals surface area contributed by atoms with Crippen LogP contribution in [0.3, 0.4) is 0 Å². The number of nitrogens with one attached hydrogen (secondary N) is 1. The van der Waals surface area contributed by atoms with Crippen LogP contribution in [-0.2, 0) is 4.74 Å². The number of pyridine rings is 1. The van der Waals surface area contributed by atoms with E-state index in [1.165, 1.54) is 6.07 Å². The van der Waals surface area contributed by atoms with Crippen LogP contribution in [-0.4, -0.2) is 48.8 Å². The van der Waals surface area contributed by atoms with E-state index < -0.39 is 11.6 Å². The molecule has 2 fully saturated rings. The van der Waals surface area contributed by atoms with Gasteiger partial charge >= 0.3 is 0 Å². The van der Waals surface area contributed by atoms with Gasteiger partial charge in [-0.25, -0.2) is 8.78 Å². The Morgan fingerprint density at radius 3 is 2.80 bits per heavy atom. The average Bonchev–Trinajstić information content (AvgIpc) is 3.10. The fourth-order valence-corrected chi connectivity index (χ4v) is 3.88. The molecule has 1 unspecified atom stereocenters. The fraction of sp³-hybridized carbons (Fsp3) is 0.526. The molecular formula is C19H23F2N3O. The minimum absolute atomic E-state index is 0.213. The van der Waals surface area contributed by atoms with E-state index in [4.69, 9.17) is 4.74 Å². The quantitative estimate of drug-likeness (QED) is 0.920. The van der Waals surface area contributed by atoms with Gasteiger partial charge in [0.05, 0.1) is 6.61 Å². The molecule has 0 spiro atoms. The van der Waals surface area contributed by atoms with Gasteiger partial charge in [-0.1, -0.05) is 0 Å². The molecule has 4 rings (SSSR count). The summed E-state index contributed by atoms with van der Waals surface area (Å²) in [6, 6.07) is 4.34. The lowest BCUT2D eigenvalue weighted by Gasteiger charge is -2.34. The summed E-state index contributed by atoms with van der Waals surface area (Å²) in [7, 11) is 0. The Bertz CT molecular complexity index is 741. The van der Waals surface area contributed by atoms with Crippen LogP contribution in [0.2, 0.25) is 0 Å². The fourth-order valence-electron chi connectivity index (χ4n) is 3.88. The summed E-state index contributed by atoms with van der Waals surface area (Å²) in [4.78, 5) is 6.54. The van der Waals surface area contributed by atoms with Crippen molar-refractivity contribution in [1.29, 1.82) is 0 Å². The van der Waals surface area contributed by atoms with E-state index in [0.29, 0.717) is 17.3 Å². The van der Waals surface area contributed by atoms with Crippen molar-refractivity contribution in [2.75, 3.05) is 38.2 Å². The van der Waals surface area contributed by atoms with Crippen molar-refractivity contribution in [1.82, 2.24) is 9.88 Å². The van der Waals surface area contributed by atoms with Crippen molar-refractivity contribution >= 4 is 16.6 Å². The highest BCUT2D eigenvalue weighted by Gasteiger charge is 2.24. The molecule has 2 saturated heterocycles. The molecule has 6 heteroatoms. The van der Waals surface area contributed by atoms with Gasteiger partial charge in [0.1, 0.15) is 11.3 Å². The number of ether oxygens (including phenoxy) is 1. The Kier molecular flexibility index (Phi) is 4.81. The monoisotopic (exact) mass is 347 g/mol. The van der Waals surface area contributed by atoms with Crippen LogP contribution in [0.25, 0.3) is 10.9 Å². The second-order valence-electron chi connectivity index (χ2n) is 7.09. The first kappa shape index (κ1) is 16.7. The maximum atomic E-state index is 13.9. The molecule has 1 aromatic heterocycles. The molecule has 25 heavy (non-hydrogen) atoms. The molecule has 134 valence electrons. The maximum absolute atomic E-state index is 13.9. The first-order chi connectivity index (χ1) is 12.2. The Morgan fingerprint density at radius 2 is 2.04 bits per heavy atom. The summed E-state index contributed by atoms with van der Waals surface area (Å²) in [5, 5.41) is 3.97. The number of nitrogens with zero attached hydrogens (tertiary/aromatic N) is 2. The van der Waals surface area contributed by atoms with Crippen molar-refractivity contribution in [3.63, 3.8) is 0 Å². The van der Waals surface area contributed by atoms with Crippen molar-refractivity contribution in [3.8, 4) is 0 Å². The van der Waals surface area contributed by atoms with Crippen molar-refractivity contribution in [2.24, 2.45) is 5.92 Å². The molecule has 4 nitrogen and oxygen atoms in total. The largest absolute Gasteiger partial charge is 0.382 e. The van der Waals surface area contributed by atoms with Gasteiger partial charge in [0, 0.05) is 55.6 Å². The zero-order chi connectivity index (χ0) is 17.2. The maximum Gasteiger partial charge on any atom is 0.152 e. The summed E-state index contributed by atoms with van der Waals surface area (Å²) in [6.07, 6.45) is 4.78. The minimum Gasteiger partial charge on any atom is -0.382 e. The topological polar surface area (TPSA) is 37.4 Å². The standard InChI is InChI=1S/C19H23F2N3O/c20-14-9-16-18(1-5-22-19(16)17(21)10-14)23-15-2-6-24(7-3-15)11-13-4-8-25-12-13/h1,5,9-10,13,15H,2-4,6-8,11-12H2,(H,22,23). The smallest absolute Gasteiger partial charge is 0.152 e. The molecule has 0 radical (unpaired) electrons. The van der Waals surface area contributed by atoms with Crippen molar-refractivity contribution < 1.29 is 13.5 Å². The van der Waals surface area contributed by atoms with Gasteiger partial charge in [0.25, 0.3) is 0 Å². The summed E-state index contributed by atoms with van der Waals surface area (Å²) >= 11 is 0. The molecule has 1 atom stereocenters. The van der Waals surface area contributed by atoms with Crippen LogP contribution < -0.4 is 5.32 Å². The van der Waals surface area contributed by atoms with E-state index in [0.717, 1.165) is 63.9 Å². The SMILES string of the molecule is Fc1cc(F)c2nccc(NC3CCN(CC4CCOC4)CC3)c2c1. The lowest BCUT2D eigenvalue weighted by atomic mass is 10.0. The molecule has 3 heterocycles. The number of hydrogen-bond donors (Lipinski definition) is 1. The van der Waals surface area contributed by atoms with Crippen LogP contribution in [0.15, 0.2) is 24.4 Å². The average molecular weight is 347 g/mol. The van der Waals surface area contributed by atoms with Gasteiger partial charge in [0.2, 0.25) is 0 Å². The predicted octanol–water partition coefficient (Wildman–Crippen LogP) is 3.43. The Hall–Kier alpha value is -1.79. The van der Waals surface area contributed by atoms with Gasteiger partial charge < -0.3 is 15.0 Å². The van der Waals surface area contributed by atoms with E-state index in [2.05, 4.69) is 15.2 Å². The normalized spacial score (nSPS) is 22.6. The molecule has 0 amide bonds. The highest BCUT2D eigenvalue weighted by molar-refractivity contribution is 5.91. The number of rotatable bonds is 4. The molecule has 2 aliphatic heterocycles. The molecule has 0 aliphatic carbocycles. The summed E-state index contributed by atoms with van der Waals surface area (Å²) in [5.41, 5.74) is 0.969. The Balaban J connectivity index is 1.41. The second kappa shape index (κ2) is 7.22. The lowest BCUT2D eigenvalue weighted by Crippen LogP contribution is -2.41. The Labute approximate surface area is 146 Å². The zero-order valence-corrected chi connectivity index (χ0v) is 14.2. The second-order valence-corrected chi connectivity index (χ2v) is 7.09. The van der Waals surface area contributed by atoms with Gasteiger partial charge in [-0.3, -0.25) is 4.98 Å². The number of hydrogen-bond acceptors (Lipinski definition) is 4. The van der Waals surface area contributed by atoms with Gasteiger partial charge in [0.15, 0.2) is 5.82 Å². The summed E-state index contributed by atoms with van der Waals surface area (Å²) in [6.45, 7) is 4.98. The van der Waals surface area contributed by atoms with Gasteiger partial charge in [-0.15, -0.1) is 0 Å². The van der Waals surface area contributed by atoms with Gasteiger partial charge in [-0.05, 0) is 37.3 Å². The lowest BCUT2D eigenvalue weighted by molar-refractivity contribution is 0.154. The zero-order valence-electron chi connectivity index (χ0n) is 14.2. The van der Waals surface area contributed by atoms with E-state index in [-0.39, 0.29) is 5.52 Å². The summed E-state index contributed by atoms with van der Waals surface area (Å²) < 4.78 is 32.9. The molecule has 0 bridgehead atoms.